The topological polar surface area (TPSA) is 35.2 Å². The molecular formula is C14H12BrClFNO. The summed E-state index contributed by atoms with van der Waals surface area (Å²) in [4.78, 5) is 0. The van der Waals surface area contributed by atoms with E-state index in [-0.39, 0.29) is 5.82 Å². The largest absolute Gasteiger partial charge is 0.497 e. The SMILES string of the molecule is COc1ccc(C(N)c2cc(F)cc(Br)c2)c(Cl)c1. The van der Waals surface area contributed by atoms with Gasteiger partial charge in [-0.15, -0.1) is 0 Å². The van der Waals surface area contributed by atoms with E-state index in [2.05, 4.69) is 15.9 Å². The molecule has 1 unspecified atom stereocenters. The van der Waals surface area contributed by atoms with Gasteiger partial charge in [0.15, 0.2) is 0 Å². The number of nitrogens with two attached hydrogens (primary N) is 1. The summed E-state index contributed by atoms with van der Waals surface area (Å²) in [6, 6.07) is 9.30. The minimum atomic E-state index is -0.495. The van der Waals surface area contributed by atoms with Crippen molar-refractivity contribution < 1.29 is 9.13 Å². The van der Waals surface area contributed by atoms with Crippen LogP contribution in [0.1, 0.15) is 17.2 Å². The zero-order valence-corrected chi connectivity index (χ0v) is 12.5. The van der Waals surface area contributed by atoms with E-state index in [9.17, 15) is 4.39 Å². The lowest BCUT2D eigenvalue weighted by Gasteiger charge is -2.15. The average molecular weight is 345 g/mol. The van der Waals surface area contributed by atoms with Gasteiger partial charge in [0, 0.05) is 9.50 Å². The third-order valence-corrected chi connectivity index (χ3v) is 3.57. The van der Waals surface area contributed by atoms with Crippen LogP contribution in [-0.4, -0.2) is 7.11 Å². The Labute approximate surface area is 124 Å². The van der Waals surface area contributed by atoms with Gasteiger partial charge in [0.05, 0.1) is 13.2 Å². The lowest BCUT2D eigenvalue weighted by molar-refractivity contribution is 0.414. The van der Waals surface area contributed by atoms with Crippen molar-refractivity contribution in [2.75, 3.05) is 7.11 Å². The van der Waals surface area contributed by atoms with Crippen LogP contribution in [0.15, 0.2) is 40.9 Å². The molecule has 0 aliphatic heterocycles. The molecule has 100 valence electrons. The summed E-state index contributed by atoms with van der Waals surface area (Å²) in [5.74, 6) is 0.311. The van der Waals surface area contributed by atoms with Gasteiger partial charge in [-0.05, 0) is 41.5 Å². The molecule has 1 atom stereocenters. The van der Waals surface area contributed by atoms with Crippen LogP contribution in [0.5, 0.6) is 5.75 Å². The molecule has 2 aromatic rings. The fraction of sp³-hybridized carbons (Fsp3) is 0.143. The Hall–Kier alpha value is -1.10. The molecular weight excluding hydrogens is 333 g/mol. The lowest BCUT2D eigenvalue weighted by atomic mass is 9.99. The highest BCUT2D eigenvalue weighted by molar-refractivity contribution is 9.10. The third-order valence-electron chi connectivity index (χ3n) is 2.79. The summed E-state index contributed by atoms with van der Waals surface area (Å²) < 4.78 is 19.1. The highest BCUT2D eigenvalue weighted by atomic mass is 79.9. The number of ether oxygens (including phenoxy) is 1. The van der Waals surface area contributed by atoms with Crippen LogP contribution in [0.2, 0.25) is 5.02 Å². The Bertz CT molecular complexity index is 586. The molecule has 0 amide bonds. The van der Waals surface area contributed by atoms with Crippen LogP contribution >= 0.6 is 27.5 Å². The van der Waals surface area contributed by atoms with Crippen LogP contribution < -0.4 is 10.5 Å². The van der Waals surface area contributed by atoms with Crippen molar-refractivity contribution in [3.8, 4) is 5.75 Å². The summed E-state index contributed by atoms with van der Waals surface area (Å²) in [5, 5.41) is 0.493. The number of hydrogen-bond donors (Lipinski definition) is 1. The number of halogens is 3. The zero-order chi connectivity index (χ0) is 14.0. The van der Waals surface area contributed by atoms with Gasteiger partial charge in [-0.25, -0.2) is 4.39 Å². The van der Waals surface area contributed by atoms with Gasteiger partial charge in [-0.3, -0.25) is 0 Å². The van der Waals surface area contributed by atoms with Gasteiger partial charge in [-0.1, -0.05) is 33.6 Å². The molecule has 2 aromatic carbocycles. The van der Waals surface area contributed by atoms with E-state index >= 15 is 0 Å². The second-order valence-corrected chi connectivity index (χ2v) is 5.39. The molecule has 0 aliphatic carbocycles. The molecule has 19 heavy (non-hydrogen) atoms. The second kappa shape index (κ2) is 5.90. The standard InChI is InChI=1S/C14H12BrClFNO/c1-19-11-2-3-12(13(16)7-11)14(18)8-4-9(15)6-10(17)5-8/h2-7,14H,18H2,1H3. The van der Waals surface area contributed by atoms with Gasteiger partial charge < -0.3 is 10.5 Å². The first-order valence-corrected chi connectivity index (χ1v) is 6.73. The summed E-state index contributed by atoms with van der Waals surface area (Å²) in [6.45, 7) is 0. The van der Waals surface area contributed by atoms with Crippen LogP contribution in [-0.2, 0) is 0 Å². The van der Waals surface area contributed by atoms with Crippen molar-refractivity contribution >= 4 is 27.5 Å². The molecule has 0 heterocycles. The predicted molar refractivity (Wildman–Crippen MR) is 78.1 cm³/mol. The van der Waals surface area contributed by atoms with Crippen molar-refractivity contribution in [1.29, 1.82) is 0 Å². The first-order chi connectivity index (χ1) is 9.01. The average Bonchev–Trinajstić information content (AvgIpc) is 2.36. The minimum Gasteiger partial charge on any atom is -0.497 e. The van der Waals surface area contributed by atoms with E-state index < -0.39 is 6.04 Å². The van der Waals surface area contributed by atoms with Crippen molar-refractivity contribution in [3.05, 3.63) is 62.8 Å². The number of methoxy groups -OCH3 is 1. The highest BCUT2D eigenvalue weighted by Crippen LogP contribution is 2.31. The first kappa shape index (κ1) is 14.3. The van der Waals surface area contributed by atoms with E-state index in [0.717, 1.165) is 5.56 Å². The summed E-state index contributed by atoms with van der Waals surface area (Å²) in [5.41, 5.74) is 7.51. The maximum Gasteiger partial charge on any atom is 0.124 e. The minimum absolute atomic E-state index is 0.343. The van der Waals surface area contributed by atoms with Crippen molar-refractivity contribution in [2.45, 2.75) is 6.04 Å². The predicted octanol–water partition coefficient (Wildman–Crippen LogP) is 4.30. The molecule has 0 aromatic heterocycles. The van der Waals surface area contributed by atoms with Crippen molar-refractivity contribution in [1.82, 2.24) is 0 Å². The molecule has 0 aliphatic rings. The molecule has 0 fully saturated rings. The van der Waals surface area contributed by atoms with Crippen molar-refractivity contribution in [3.63, 3.8) is 0 Å². The van der Waals surface area contributed by atoms with Gasteiger partial charge >= 0.3 is 0 Å². The second-order valence-electron chi connectivity index (χ2n) is 4.07. The van der Waals surface area contributed by atoms with Gasteiger partial charge in [0.25, 0.3) is 0 Å². The Kier molecular flexibility index (Phi) is 4.45. The Morgan fingerprint density at radius 1 is 1.26 bits per heavy atom. The number of rotatable bonds is 3. The zero-order valence-electron chi connectivity index (χ0n) is 10.2. The molecule has 2 nitrogen and oxygen atoms in total. The summed E-state index contributed by atoms with van der Waals surface area (Å²) in [7, 11) is 1.56. The molecule has 0 radical (unpaired) electrons. The van der Waals surface area contributed by atoms with Gasteiger partial charge in [-0.2, -0.15) is 0 Å². The smallest absolute Gasteiger partial charge is 0.124 e. The van der Waals surface area contributed by atoms with Crippen LogP contribution in [0.25, 0.3) is 0 Å². The molecule has 0 spiro atoms. The lowest BCUT2D eigenvalue weighted by Crippen LogP contribution is -2.12. The Morgan fingerprint density at radius 3 is 2.58 bits per heavy atom. The normalized spacial score (nSPS) is 12.3. The van der Waals surface area contributed by atoms with E-state index in [1.807, 2.05) is 0 Å². The van der Waals surface area contributed by atoms with Gasteiger partial charge in [0.1, 0.15) is 11.6 Å². The van der Waals surface area contributed by atoms with Crippen LogP contribution in [0.4, 0.5) is 4.39 Å². The molecule has 2 rings (SSSR count). The maximum atomic E-state index is 13.4. The van der Waals surface area contributed by atoms with Gasteiger partial charge in [0.2, 0.25) is 0 Å². The summed E-state index contributed by atoms with van der Waals surface area (Å²) >= 11 is 9.41. The molecule has 5 heteroatoms. The fourth-order valence-corrected chi connectivity index (χ4v) is 2.59. The number of hydrogen-bond acceptors (Lipinski definition) is 2. The van der Waals surface area contributed by atoms with E-state index in [0.29, 0.717) is 20.8 Å². The molecule has 0 bridgehead atoms. The third kappa shape index (κ3) is 3.26. The summed E-state index contributed by atoms with van der Waals surface area (Å²) in [6.07, 6.45) is 0. The monoisotopic (exact) mass is 343 g/mol. The Morgan fingerprint density at radius 2 is 2.00 bits per heavy atom. The quantitative estimate of drug-likeness (QED) is 0.901. The highest BCUT2D eigenvalue weighted by Gasteiger charge is 2.14. The number of benzene rings is 2. The van der Waals surface area contributed by atoms with Crippen molar-refractivity contribution in [2.24, 2.45) is 5.73 Å². The van der Waals surface area contributed by atoms with E-state index in [1.54, 1.807) is 31.4 Å². The van der Waals surface area contributed by atoms with E-state index in [4.69, 9.17) is 22.1 Å². The van der Waals surface area contributed by atoms with Crippen LogP contribution in [0, 0.1) is 5.82 Å². The van der Waals surface area contributed by atoms with Crippen LogP contribution in [0.3, 0.4) is 0 Å². The molecule has 0 saturated carbocycles. The fourth-order valence-electron chi connectivity index (χ4n) is 1.82. The van der Waals surface area contributed by atoms with E-state index in [1.165, 1.54) is 12.1 Å². The Balaban J connectivity index is 2.40. The maximum absolute atomic E-state index is 13.4. The molecule has 0 saturated heterocycles. The first-order valence-electron chi connectivity index (χ1n) is 5.56. The molecule has 2 N–H and O–H groups in total.